The van der Waals surface area contributed by atoms with Crippen molar-refractivity contribution in [1.29, 1.82) is 5.26 Å². The molecular weight excluding hydrogens is 799 g/mol. The van der Waals surface area contributed by atoms with Crippen LogP contribution >= 0.6 is 12.1 Å². The maximum atomic E-state index is 15.8. The molecule has 0 bridgehead atoms. The number of carbonyl (C=O) groups is 2. The van der Waals surface area contributed by atoms with Gasteiger partial charge in [-0.05, 0) is 131 Å². The summed E-state index contributed by atoms with van der Waals surface area (Å²) in [6.07, 6.45) is 12.7. The van der Waals surface area contributed by atoms with Gasteiger partial charge in [-0.25, -0.2) is 22.9 Å². The molecule has 0 atom stereocenters. The minimum atomic E-state index is -0.607. The Bertz CT molecular complexity index is 2570. The maximum absolute atomic E-state index is 15.8. The van der Waals surface area contributed by atoms with E-state index in [4.69, 9.17) is 14.7 Å². The third-order valence-corrected chi connectivity index (χ3v) is 14.8. The summed E-state index contributed by atoms with van der Waals surface area (Å²) < 4.78 is 44.0. The number of anilines is 2. The minimum Gasteiger partial charge on any atom is -0.453 e. The van der Waals surface area contributed by atoms with Crippen molar-refractivity contribution >= 4 is 57.5 Å². The van der Waals surface area contributed by atoms with Crippen LogP contribution in [-0.2, 0) is 11.8 Å². The van der Waals surface area contributed by atoms with Gasteiger partial charge in [0.15, 0.2) is 17.4 Å². The van der Waals surface area contributed by atoms with E-state index in [-0.39, 0.29) is 41.9 Å². The molecule has 2 aliphatic carbocycles. The molecule has 2 aromatic heterocycles. The van der Waals surface area contributed by atoms with Crippen LogP contribution in [0.4, 0.5) is 25.1 Å². The van der Waals surface area contributed by atoms with E-state index >= 15 is 8.78 Å². The number of ether oxygens (including phenoxy) is 1. The zero-order chi connectivity index (χ0) is 41.8. The lowest BCUT2D eigenvalue weighted by Crippen LogP contribution is -2.50. The van der Waals surface area contributed by atoms with E-state index in [0.717, 1.165) is 107 Å². The maximum Gasteiger partial charge on any atom is 0.329 e. The van der Waals surface area contributed by atoms with E-state index in [1.807, 2.05) is 18.3 Å². The van der Waals surface area contributed by atoms with E-state index in [0.29, 0.717) is 51.1 Å². The van der Waals surface area contributed by atoms with Gasteiger partial charge in [0.1, 0.15) is 23.2 Å². The molecule has 1 spiro atoms. The highest BCUT2D eigenvalue weighted by molar-refractivity contribution is 7.98. The number of nitrogens with one attached hydrogen (secondary N) is 2. The quantitative estimate of drug-likeness (QED) is 0.138. The standard InChI is InChI=1S/C45H48F2N10O3S/c1-54-40-22-31(35(47)21-32(40)43(52-54)57-17-12-41(58)51-44(57)59)27-4-6-29(7-5-27)55-18-13-45(14-19-55)23-28(24-45)39-26-49-37-10-8-30(20-38(37)50-39)60-42-33(25-48)36(11-9-34(42)46)53-61-56-15-2-3-16-56/h8-11,20-22,26-29,53H,2-7,12-19,23-24H2,1H3,(H,51,58,59). The highest BCUT2D eigenvalue weighted by atomic mass is 32.2. The Kier molecular flexibility index (Phi) is 10.5. The number of hydrogen-bond donors (Lipinski definition) is 2. The number of aromatic nitrogens is 4. The number of nitriles is 1. The van der Waals surface area contributed by atoms with Crippen molar-refractivity contribution in [2.75, 3.05) is 42.3 Å². The summed E-state index contributed by atoms with van der Waals surface area (Å²) in [6.45, 7) is 4.27. The van der Waals surface area contributed by atoms with Crippen LogP contribution in [0.5, 0.6) is 11.5 Å². The number of aryl methyl sites for hydroxylation is 1. The molecule has 316 valence electrons. The first kappa shape index (κ1) is 39.7. The molecule has 2 N–H and O–H groups in total. The van der Waals surface area contributed by atoms with Crippen molar-refractivity contribution in [1.82, 2.24) is 34.3 Å². The van der Waals surface area contributed by atoms with Gasteiger partial charge in [-0.3, -0.25) is 24.7 Å². The first-order valence-corrected chi connectivity index (χ1v) is 22.3. The number of rotatable bonds is 9. The second kappa shape index (κ2) is 16.2. The van der Waals surface area contributed by atoms with Gasteiger partial charge in [-0.2, -0.15) is 10.4 Å². The molecule has 3 saturated heterocycles. The Morgan fingerprint density at radius 3 is 2.48 bits per heavy atom. The number of piperidine rings is 1. The first-order chi connectivity index (χ1) is 29.6. The highest BCUT2D eigenvalue weighted by Crippen LogP contribution is 2.57. The highest BCUT2D eigenvalue weighted by Gasteiger charge is 2.47. The Morgan fingerprint density at radius 1 is 0.934 bits per heavy atom. The second-order valence-electron chi connectivity index (χ2n) is 17.5. The summed E-state index contributed by atoms with van der Waals surface area (Å²) in [7, 11) is 1.80. The predicted octanol–water partition coefficient (Wildman–Crippen LogP) is 8.66. The van der Waals surface area contributed by atoms with Crippen molar-refractivity contribution in [2.24, 2.45) is 12.5 Å². The average Bonchev–Trinajstić information content (AvgIpc) is 3.90. The van der Waals surface area contributed by atoms with Crippen LogP contribution in [0.25, 0.3) is 21.9 Å². The molecule has 13 nitrogen and oxygen atoms in total. The molecule has 16 heteroatoms. The molecule has 3 aromatic carbocycles. The minimum absolute atomic E-state index is 0.114. The summed E-state index contributed by atoms with van der Waals surface area (Å²) >= 11 is 1.43. The van der Waals surface area contributed by atoms with Gasteiger partial charge in [0.25, 0.3) is 0 Å². The average molecular weight is 847 g/mol. The Balaban J connectivity index is 0.740. The SMILES string of the molecule is Cn1nc(N2CCC(=O)NC2=O)c2cc(F)c(C3CCC(N4CCC5(CC4)CC(c4cnc6ccc(Oc7c(F)ccc(NSN8CCCC8)c7C#N)cc6n4)C5)CC3)cc21. The number of nitrogens with zero attached hydrogens (tertiary/aromatic N) is 8. The number of carbonyl (C=O) groups excluding carboxylic acids is 2. The largest absolute Gasteiger partial charge is 0.453 e. The monoisotopic (exact) mass is 846 g/mol. The van der Waals surface area contributed by atoms with Crippen LogP contribution in [0.15, 0.2) is 48.7 Å². The van der Waals surface area contributed by atoms with E-state index in [9.17, 15) is 14.9 Å². The summed E-state index contributed by atoms with van der Waals surface area (Å²) in [4.78, 5) is 38.0. The number of likely N-dealkylation sites (tertiary alicyclic amines) is 1. The summed E-state index contributed by atoms with van der Waals surface area (Å²) in [6, 6.07) is 13.7. The second-order valence-corrected chi connectivity index (χ2v) is 18.4. The molecule has 5 aromatic rings. The zero-order valence-corrected chi connectivity index (χ0v) is 34.9. The van der Waals surface area contributed by atoms with Gasteiger partial charge in [0.05, 0.1) is 27.9 Å². The van der Waals surface area contributed by atoms with Crippen molar-refractivity contribution in [3.63, 3.8) is 0 Å². The van der Waals surface area contributed by atoms with Crippen LogP contribution < -0.4 is 19.7 Å². The third kappa shape index (κ3) is 7.65. The number of halogens is 2. The van der Waals surface area contributed by atoms with Gasteiger partial charge in [0, 0.05) is 74.8 Å². The molecule has 5 heterocycles. The van der Waals surface area contributed by atoms with Gasteiger partial charge in [-0.15, -0.1) is 0 Å². The molecule has 2 saturated carbocycles. The Hall–Kier alpha value is -5.37. The fraction of sp³-hybridized carbons (Fsp3) is 0.467. The number of amides is 3. The van der Waals surface area contributed by atoms with Crippen LogP contribution in [0.2, 0.25) is 0 Å². The van der Waals surface area contributed by atoms with Crippen molar-refractivity contribution in [3.05, 3.63) is 77.1 Å². The Labute approximate surface area is 357 Å². The van der Waals surface area contributed by atoms with E-state index < -0.39 is 11.8 Å². The molecule has 10 rings (SSSR count). The van der Waals surface area contributed by atoms with Crippen LogP contribution in [0.1, 0.15) is 99.3 Å². The molecule has 61 heavy (non-hydrogen) atoms. The van der Waals surface area contributed by atoms with E-state index in [1.165, 1.54) is 29.2 Å². The fourth-order valence-corrected chi connectivity index (χ4v) is 11.2. The molecule has 3 aliphatic heterocycles. The van der Waals surface area contributed by atoms with Gasteiger partial charge < -0.3 is 14.4 Å². The molecule has 0 unspecified atom stereocenters. The molecule has 0 radical (unpaired) electrons. The van der Waals surface area contributed by atoms with Crippen LogP contribution in [-0.4, -0.2) is 79.7 Å². The number of urea groups is 1. The normalized spacial score (nSPS) is 22.4. The van der Waals surface area contributed by atoms with Crippen molar-refractivity contribution in [3.8, 4) is 17.6 Å². The van der Waals surface area contributed by atoms with Crippen molar-refractivity contribution < 1.29 is 23.1 Å². The number of benzene rings is 3. The first-order valence-electron chi connectivity index (χ1n) is 21.5. The van der Waals surface area contributed by atoms with Gasteiger partial charge in [-0.1, -0.05) is 0 Å². The number of imide groups is 1. The molecule has 5 fully saturated rings. The molecule has 3 amide bonds. The fourth-order valence-electron chi connectivity index (χ4n) is 10.4. The Morgan fingerprint density at radius 2 is 1.72 bits per heavy atom. The number of fused-ring (bicyclic) bond motifs is 2. The smallest absolute Gasteiger partial charge is 0.329 e. The number of hydrogen-bond acceptors (Lipinski definition) is 11. The summed E-state index contributed by atoms with van der Waals surface area (Å²) in [5.74, 6) is -0.100. The van der Waals surface area contributed by atoms with Crippen LogP contribution in [0.3, 0.4) is 0 Å². The summed E-state index contributed by atoms with van der Waals surface area (Å²) in [5, 5.41) is 17.5. The predicted molar refractivity (Wildman–Crippen MR) is 229 cm³/mol. The van der Waals surface area contributed by atoms with Crippen molar-refractivity contribution in [2.45, 2.75) is 88.5 Å². The molecular formula is C45H48F2N10O3S. The third-order valence-electron chi connectivity index (χ3n) is 13.9. The van der Waals surface area contributed by atoms with Crippen LogP contribution in [0, 0.1) is 28.4 Å². The summed E-state index contributed by atoms with van der Waals surface area (Å²) in [5.41, 5.74) is 4.78. The lowest BCUT2D eigenvalue weighted by molar-refractivity contribution is -0.120. The van der Waals surface area contributed by atoms with Gasteiger partial charge in [0.2, 0.25) is 5.91 Å². The molecule has 5 aliphatic rings. The van der Waals surface area contributed by atoms with Gasteiger partial charge >= 0.3 is 6.03 Å². The van der Waals surface area contributed by atoms with E-state index in [1.54, 1.807) is 29.9 Å². The lowest BCUT2D eigenvalue weighted by Gasteiger charge is -2.53. The van der Waals surface area contributed by atoms with E-state index in [2.05, 4.69) is 30.4 Å². The zero-order valence-electron chi connectivity index (χ0n) is 34.1. The lowest BCUT2D eigenvalue weighted by atomic mass is 9.56. The topological polar surface area (TPSA) is 145 Å².